The molecule has 1 aliphatic rings. The zero-order chi connectivity index (χ0) is 14.1. The van der Waals surface area contributed by atoms with Crippen molar-refractivity contribution >= 4 is 16.5 Å². The van der Waals surface area contributed by atoms with Gasteiger partial charge in [0, 0.05) is 17.2 Å². The molecule has 1 aliphatic carbocycles. The van der Waals surface area contributed by atoms with Crippen LogP contribution in [-0.2, 0) is 0 Å². The third-order valence-electron chi connectivity index (χ3n) is 4.39. The lowest BCUT2D eigenvalue weighted by Gasteiger charge is -2.27. The maximum atomic E-state index is 6.35. The molecule has 0 aromatic heterocycles. The molecule has 3 rings (SSSR count). The first kappa shape index (κ1) is 13.0. The summed E-state index contributed by atoms with van der Waals surface area (Å²) in [6, 6.07) is 12.8. The number of unbranched alkanes of at least 4 members (excludes halogenated alkanes) is 2. The third-order valence-corrected chi connectivity index (χ3v) is 4.39. The van der Waals surface area contributed by atoms with E-state index in [1.807, 2.05) is 0 Å². The van der Waals surface area contributed by atoms with Gasteiger partial charge in [0.25, 0.3) is 0 Å². The van der Waals surface area contributed by atoms with E-state index in [2.05, 4.69) is 43.3 Å². The van der Waals surface area contributed by atoms with E-state index in [0.29, 0.717) is 0 Å². The van der Waals surface area contributed by atoms with E-state index in [-0.39, 0.29) is 5.92 Å². The van der Waals surface area contributed by atoms with Crippen LogP contribution in [0.1, 0.15) is 49.7 Å². The van der Waals surface area contributed by atoms with E-state index in [1.165, 1.54) is 35.6 Å². The zero-order valence-electron chi connectivity index (χ0n) is 12.0. The van der Waals surface area contributed by atoms with Crippen molar-refractivity contribution in [3.63, 3.8) is 0 Å². The van der Waals surface area contributed by atoms with Crippen LogP contribution in [0.15, 0.2) is 42.1 Å². The molecule has 0 fully saturated rings. The van der Waals surface area contributed by atoms with Gasteiger partial charge in [0.05, 0.1) is 5.70 Å². The zero-order valence-corrected chi connectivity index (χ0v) is 12.0. The van der Waals surface area contributed by atoms with Gasteiger partial charge < -0.3 is 11.5 Å². The maximum absolute atomic E-state index is 6.35. The Balaban J connectivity index is 2.13. The molecular formula is C18H22N2. The van der Waals surface area contributed by atoms with E-state index in [0.717, 1.165) is 23.4 Å². The summed E-state index contributed by atoms with van der Waals surface area (Å²) in [6.07, 6.45) is 4.77. The van der Waals surface area contributed by atoms with Gasteiger partial charge in [-0.25, -0.2) is 0 Å². The fraction of sp³-hybridized carbons (Fsp3) is 0.333. The number of benzene rings is 2. The Kier molecular flexibility index (Phi) is 3.39. The van der Waals surface area contributed by atoms with Gasteiger partial charge in [-0.15, -0.1) is 0 Å². The summed E-state index contributed by atoms with van der Waals surface area (Å²) in [5, 5.41) is 2.55. The molecule has 0 aliphatic heterocycles. The van der Waals surface area contributed by atoms with Crippen molar-refractivity contribution in [3.05, 3.63) is 53.2 Å². The summed E-state index contributed by atoms with van der Waals surface area (Å²) in [6.45, 7) is 2.23. The first-order valence-corrected chi connectivity index (χ1v) is 7.51. The summed E-state index contributed by atoms with van der Waals surface area (Å²) < 4.78 is 0. The quantitative estimate of drug-likeness (QED) is 0.818. The SMILES string of the molecule is CCCCCC1C(N)=C(N)c2cccc3cccc1c23. The fourth-order valence-electron chi connectivity index (χ4n) is 3.31. The lowest BCUT2D eigenvalue weighted by molar-refractivity contribution is 0.610. The monoisotopic (exact) mass is 266 g/mol. The van der Waals surface area contributed by atoms with Gasteiger partial charge in [0.15, 0.2) is 0 Å². The number of nitrogens with two attached hydrogens (primary N) is 2. The minimum absolute atomic E-state index is 0.278. The number of allylic oxidation sites excluding steroid dienone is 1. The Hall–Kier alpha value is -1.96. The molecule has 1 atom stereocenters. The van der Waals surface area contributed by atoms with E-state index in [9.17, 15) is 0 Å². The Morgan fingerprint density at radius 1 is 1.00 bits per heavy atom. The highest BCUT2D eigenvalue weighted by molar-refractivity contribution is 5.99. The molecule has 0 spiro atoms. The van der Waals surface area contributed by atoms with Crippen molar-refractivity contribution < 1.29 is 0 Å². The molecule has 4 N–H and O–H groups in total. The van der Waals surface area contributed by atoms with E-state index < -0.39 is 0 Å². The molecule has 2 nitrogen and oxygen atoms in total. The van der Waals surface area contributed by atoms with Crippen LogP contribution in [-0.4, -0.2) is 0 Å². The van der Waals surface area contributed by atoms with E-state index >= 15 is 0 Å². The molecule has 0 bridgehead atoms. The summed E-state index contributed by atoms with van der Waals surface area (Å²) in [4.78, 5) is 0. The van der Waals surface area contributed by atoms with Crippen molar-refractivity contribution in [1.29, 1.82) is 0 Å². The molecule has 0 saturated carbocycles. The fourth-order valence-corrected chi connectivity index (χ4v) is 3.31. The predicted molar refractivity (Wildman–Crippen MR) is 86.1 cm³/mol. The largest absolute Gasteiger partial charge is 0.400 e. The molecule has 20 heavy (non-hydrogen) atoms. The highest BCUT2D eigenvalue weighted by Crippen LogP contribution is 2.41. The van der Waals surface area contributed by atoms with Crippen LogP contribution in [0.2, 0.25) is 0 Å². The summed E-state index contributed by atoms with van der Waals surface area (Å²) in [5.41, 5.74) is 16.7. The number of rotatable bonds is 4. The topological polar surface area (TPSA) is 52.0 Å². The smallest absolute Gasteiger partial charge is 0.0591 e. The Bertz CT molecular complexity index is 665. The van der Waals surface area contributed by atoms with Crippen LogP contribution in [0, 0.1) is 0 Å². The van der Waals surface area contributed by atoms with E-state index in [4.69, 9.17) is 11.5 Å². The van der Waals surface area contributed by atoms with Crippen LogP contribution in [0.25, 0.3) is 16.5 Å². The lowest BCUT2D eigenvalue weighted by atomic mass is 9.80. The van der Waals surface area contributed by atoms with Crippen LogP contribution < -0.4 is 11.5 Å². The van der Waals surface area contributed by atoms with Gasteiger partial charge in [-0.3, -0.25) is 0 Å². The molecule has 1 unspecified atom stereocenters. The van der Waals surface area contributed by atoms with E-state index in [1.54, 1.807) is 0 Å². The number of hydrogen-bond acceptors (Lipinski definition) is 2. The summed E-state index contributed by atoms with van der Waals surface area (Å²) >= 11 is 0. The second-order valence-corrected chi connectivity index (χ2v) is 5.67. The van der Waals surface area contributed by atoms with Crippen molar-refractivity contribution in [2.45, 2.75) is 38.5 Å². The maximum Gasteiger partial charge on any atom is 0.0591 e. The summed E-state index contributed by atoms with van der Waals surface area (Å²) in [7, 11) is 0. The third kappa shape index (κ3) is 1.96. The molecule has 2 aromatic rings. The Labute approximate surface area is 120 Å². The van der Waals surface area contributed by atoms with Gasteiger partial charge in [-0.1, -0.05) is 62.6 Å². The standard InChI is InChI=1S/C18H22N2/c1-2-3-4-9-14-13-10-5-7-12-8-6-11-15(16(12)13)18(20)17(14)19/h5-8,10-11,14H,2-4,9,19-20H2,1H3. The minimum Gasteiger partial charge on any atom is -0.400 e. The van der Waals surface area contributed by atoms with Crippen LogP contribution in [0.5, 0.6) is 0 Å². The average Bonchev–Trinajstić information content (AvgIpc) is 2.48. The van der Waals surface area contributed by atoms with Gasteiger partial charge in [-0.05, 0) is 22.8 Å². The second kappa shape index (κ2) is 5.20. The molecule has 2 aromatic carbocycles. The first-order chi connectivity index (χ1) is 9.74. The van der Waals surface area contributed by atoms with Crippen molar-refractivity contribution in [1.82, 2.24) is 0 Å². The number of hydrogen-bond donors (Lipinski definition) is 2. The van der Waals surface area contributed by atoms with Crippen LogP contribution in [0.3, 0.4) is 0 Å². The molecular weight excluding hydrogens is 244 g/mol. The minimum atomic E-state index is 0.278. The normalized spacial score (nSPS) is 17.8. The lowest BCUT2D eigenvalue weighted by Crippen LogP contribution is -2.21. The highest BCUT2D eigenvalue weighted by Gasteiger charge is 2.25. The molecule has 0 amide bonds. The predicted octanol–water partition coefficient (Wildman–Crippen LogP) is 4.10. The van der Waals surface area contributed by atoms with Crippen molar-refractivity contribution in [2.75, 3.05) is 0 Å². The van der Waals surface area contributed by atoms with Crippen molar-refractivity contribution in [3.8, 4) is 0 Å². The molecule has 0 heterocycles. The van der Waals surface area contributed by atoms with Gasteiger partial charge in [0.2, 0.25) is 0 Å². The van der Waals surface area contributed by atoms with Gasteiger partial charge >= 0.3 is 0 Å². The van der Waals surface area contributed by atoms with Crippen molar-refractivity contribution in [2.24, 2.45) is 11.5 Å². The Morgan fingerprint density at radius 3 is 2.50 bits per heavy atom. The molecule has 0 radical (unpaired) electrons. The van der Waals surface area contributed by atoms with Crippen LogP contribution >= 0.6 is 0 Å². The van der Waals surface area contributed by atoms with Crippen LogP contribution in [0.4, 0.5) is 0 Å². The summed E-state index contributed by atoms with van der Waals surface area (Å²) in [5.74, 6) is 0.278. The molecule has 104 valence electrons. The Morgan fingerprint density at radius 2 is 1.75 bits per heavy atom. The second-order valence-electron chi connectivity index (χ2n) is 5.67. The first-order valence-electron chi connectivity index (χ1n) is 7.51. The molecule has 2 heteroatoms. The van der Waals surface area contributed by atoms with Gasteiger partial charge in [0.1, 0.15) is 0 Å². The highest BCUT2D eigenvalue weighted by atomic mass is 14.7. The van der Waals surface area contributed by atoms with Gasteiger partial charge in [-0.2, -0.15) is 0 Å². The average molecular weight is 266 g/mol. The molecule has 0 saturated heterocycles.